The number of likely N-dealkylation sites (tertiary alicyclic amines) is 1. The van der Waals surface area contributed by atoms with E-state index in [-0.39, 0.29) is 0 Å². The zero-order chi connectivity index (χ0) is 21.3. The van der Waals surface area contributed by atoms with Crippen LogP contribution < -0.4 is 0 Å². The lowest BCUT2D eigenvalue weighted by atomic mass is 9.87. The average molecular weight is 412 g/mol. The molecule has 1 saturated heterocycles. The van der Waals surface area contributed by atoms with Crippen LogP contribution in [0.15, 0.2) is 36.5 Å². The van der Waals surface area contributed by atoms with E-state index in [0.717, 1.165) is 37.1 Å². The number of nitrogens with zero attached hydrogens (tertiary/aromatic N) is 2. The lowest BCUT2D eigenvalue weighted by Crippen LogP contribution is -2.43. The van der Waals surface area contributed by atoms with Crippen LogP contribution in [0.5, 0.6) is 0 Å². The Balaban J connectivity index is 1.65. The van der Waals surface area contributed by atoms with Crippen LogP contribution in [0.25, 0.3) is 22.2 Å². The first kappa shape index (κ1) is 21.0. The van der Waals surface area contributed by atoms with Crippen molar-refractivity contribution in [2.24, 2.45) is 0 Å². The molecule has 4 rings (SSSR count). The quantitative estimate of drug-likeness (QED) is 0.528. The van der Waals surface area contributed by atoms with E-state index in [1.54, 1.807) is 0 Å². The highest BCUT2D eigenvalue weighted by molar-refractivity contribution is 5.92. The Labute approximate surface area is 177 Å². The van der Waals surface area contributed by atoms with Gasteiger partial charge in [0.2, 0.25) is 0 Å². The maximum Gasteiger partial charge on any atom is 0.107 e. The van der Waals surface area contributed by atoms with Gasteiger partial charge in [0.1, 0.15) is 13.3 Å². The SMILES string of the molecule is Cc1cc(-c2[nH]c3ccc(C4CCN(C(CF)CF)CC4)cc3c2C(C)C)ccn1. The van der Waals surface area contributed by atoms with Crippen LogP contribution in [-0.4, -0.2) is 47.3 Å². The number of benzene rings is 1. The van der Waals surface area contributed by atoms with E-state index in [4.69, 9.17) is 0 Å². The molecule has 0 unspecified atom stereocenters. The molecule has 1 fully saturated rings. The van der Waals surface area contributed by atoms with Gasteiger partial charge in [-0.25, -0.2) is 8.78 Å². The number of pyridine rings is 1. The Morgan fingerprint density at radius 2 is 1.83 bits per heavy atom. The van der Waals surface area contributed by atoms with Gasteiger partial charge in [-0.15, -0.1) is 0 Å². The van der Waals surface area contributed by atoms with Crippen molar-refractivity contribution in [2.45, 2.75) is 51.5 Å². The molecular weight excluding hydrogens is 380 g/mol. The Morgan fingerprint density at radius 1 is 1.10 bits per heavy atom. The smallest absolute Gasteiger partial charge is 0.107 e. The van der Waals surface area contributed by atoms with Crippen molar-refractivity contribution < 1.29 is 8.78 Å². The highest BCUT2D eigenvalue weighted by Gasteiger charge is 2.26. The van der Waals surface area contributed by atoms with E-state index >= 15 is 0 Å². The van der Waals surface area contributed by atoms with Gasteiger partial charge >= 0.3 is 0 Å². The Bertz CT molecular complexity index is 999. The summed E-state index contributed by atoms with van der Waals surface area (Å²) in [5, 5.41) is 1.28. The highest BCUT2D eigenvalue weighted by atomic mass is 19.1. The van der Waals surface area contributed by atoms with Crippen LogP contribution in [0.2, 0.25) is 0 Å². The number of alkyl halides is 2. The second kappa shape index (κ2) is 8.84. The monoisotopic (exact) mass is 411 g/mol. The molecule has 0 atom stereocenters. The van der Waals surface area contributed by atoms with Crippen molar-refractivity contribution in [3.8, 4) is 11.3 Å². The molecule has 0 aliphatic carbocycles. The molecule has 3 aromatic rings. The van der Waals surface area contributed by atoms with Gasteiger partial charge in [-0.05, 0) is 80.1 Å². The maximum absolute atomic E-state index is 13.0. The Morgan fingerprint density at radius 3 is 2.47 bits per heavy atom. The summed E-state index contributed by atoms with van der Waals surface area (Å²) in [6.45, 7) is 6.79. The molecule has 1 aliphatic rings. The summed E-state index contributed by atoms with van der Waals surface area (Å²) in [5.41, 5.74) is 7.17. The van der Waals surface area contributed by atoms with Crippen molar-refractivity contribution in [1.82, 2.24) is 14.9 Å². The molecule has 0 saturated carbocycles. The molecule has 160 valence electrons. The van der Waals surface area contributed by atoms with Gasteiger partial charge in [-0.2, -0.15) is 0 Å². The first-order valence-corrected chi connectivity index (χ1v) is 11.0. The zero-order valence-electron chi connectivity index (χ0n) is 18.1. The van der Waals surface area contributed by atoms with Crippen molar-refractivity contribution >= 4 is 10.9 Å². The summed E-state index contributed by atoms with van der Waals surface area (Å²) < 4.78 is 26.1. The van der Waals surface area contributed by atoms with Crippen LogP contribution in [-0.2, 0) is 0 Å². The summed E-state index contributed by atoms with van der Waals surface area (Å²) in [4.78, 5) is 9.94. The minimum Gasteiger partial charge on any atom is -0.354 e. The molecule has 1 aliphatic heterocycles. The number of aromatic amines is 1. The van der Waals surface area contributed by atoms with Gasteiger partial charge in [0.05, 0.1) is 11.7 Å². The van der Waals surface area contributed by atoms with E-state index < -0.39 is 19.4 Å². The number of hydrogen-bond donors (Lipinski definition) is 1. The summed E-state index contributed by atoms with van der Waals surface area (Å²) >= 11 is 0. The second-order valence-corrected chi connectivity index (χ2v) is 8.83. The molecule has 5 heteroatoms. The van der Waals surface area contributed by atoms with Crippen molar-refractivity contribution in [2.75, 3.05) is 26.4 Å². The summed E-state index contributed by atoms with van der Waals surface area (Å²) in [5.74, 6) is 0.821. The van der Waals surface area contributed by atoms with E-state index in [2.05, 4.69) is 54.1 Å². The number of aromatic nitrogens is 2. The summed E-state index contributed by atoms with van der Waals surface area (Å²) in [6, 6.07) is 10.4. The Kier molecular flexibility index (Phi) is 6.19. The molecule has 0 amide bonds. The maximum atomic E-state index is 13.0. The minimum absolute atomic E-state index is 0.384. The van der Waals surface area contributed by atoms with E-state index in [0.29, 0.717) is 11.8 Å². The van der Waals surface area contributed by atoms with Gasteiger partial charge in [0.25, 0.3) is 0 Å². The summed E-state index contributed by atoms with van der Waals surface area (Å²) in [6.07, 6.45) is 3.75. The predicted octanol–water partition coefficient (Wildman–Crippen LogP) is 6.15. The molecule has 0 radical (unpaired) electrons. The van der Waals surface area contributed by atoms with Gasteiger partial charge < -0.3 is 4.98 Å². The van der Waals surface area contributed by atoms with E-state index in [9.17, 15) is 8.78 Å². The number of hydrogen-bond acceptors (Lipinski definition) is 2. The van der Waals surface area contributed by atoms with E-state index in [1.165, 1.54) is 27.8 Å². The fourth-order valence-corrected chi connectivity index (χ4v) is 4.85. The van der Waals surface area contributed by atoms with Crippen LogP contribution in [0.4, 0.5) is 8.78 Å². The number of rotatable bonds is 6. The molecule has 2 aromatic heterocycles. The zero-order valence-corrected chi connectivity index (χ0v) is 18.1. The lowest BCUT2D eigenvalue weighted by molar-refractivity contribution is 0.109. The molecule has 30 heavy (non-hydrogen) atoms. The highest BCUT2D eigenvalue weighted by Crippen LogP contribution is 2.38. The second-order valence-electron chi connectivity index (χ2n) is 8.83. The minimum atomic E-state index is -0.606. The molecule has 1 aromatic carbocycles. The first-order valence-electron chi connectivity index (χ1n) is 11.0. The number of halogens is 2. The average Bonchev–Trinajstić information content (AvgIpc) is 3.14. The third-order valence-electron chi connectivity index (χ3n) is 6.50. The fourth-order valence-electron chi connectivity index (χ4n) is 4.85. The van der Waals surface area contributed by atoms with Gasteiger partial charge in [-0.1, -0.05) is 19.9 Å². The number of piperidine rings is 1. The van der Waals surface area contributed by atoms with Crippen molar-refractivity contribution in [3.05, 3.63) is 53.3 Å². The molecule has 1 N–H and O–H groups in total. The number of nitrogens with one attached hydrogen (secondary N) is 1. The van der Waals surface area contributed by atoms with Gasteiger partial charge in [0, 0.05) is 28.4 Å². The topological polar surface area (TPSA) is 31.9 Å². The molecule has 3 nitrogen and oxygen atoms in total. The third-order valence-corrected chi connectivity index (χ3v) is 6.50. The normalized spacial score (nSPS) is 16.2. The fraction of sp³-hybridized carbons (Fsp3) is 0.480. The standard InChI is InChI=1S/C25H31F2N3/c1-16(2)24-22-13-19(18-7-10-30(11-8-18)21(14-26)15-27)4-5-23(22)29-25(24)20-6-9-28-17(3)12-20/h4-6,9,12-13,16,18,21,29H,7-8,10-11,14-15H2,1-3H3. The van der Waals surface area contributed by atoms with Gasteiger partial charge in [-0.3, -0.25) is 9.88 Å². The molecule has 3 heterocycles. The van der Waals surface area contributed by atoms with Crippen molar-refractivity contribution in [3.63, 3.8) is 0 Å². The largest absolute Gasteiger partial charge is 0.354 e. The van der Waals surface area contributed by atoms with Gasteiger partial charge in [0.15, 0.2) is 0 Å². The summed E-state index contributed by atoms with van der Waals surface area (Å²) in [7, 11) is 0. The van der Waals surface area contributed by atoms with Crippen LogP contribution in [0.3, 0.4) is 0 Å². The number of H-pyrrole nitrogens is 1. The molecular formula is C25H31F2N3. The van der Waals surface area contributed by atoms with Crippen molar-refractivity contribution in [1.29, 1.82) is 0 Å². The first-order chi connectivity index (χ1) is 14.5. The van der Waals surface area contributed by atoms with Crippen LogP contribution >= 0.6 is 0 Å². The molecule has 0 spiro atoms. The predicted molar refractivity (Wildman–Crippen MR) is 120 cm³/mol. The third kappa shape index (κ3) is 4.00. The Hall–Kier alpha value is -2.27. The van der Waals surface area contributed by atoms with E-state index in [1.807, 2.05) is 18.0 Å². The number of aryl methyl sites for hydroxylation is 1. The number of fused-ring (bicyclic) bond motifs is 1. The van der Waals surface area contributed by atoms with Crippen LogP contribution in [0.1, 0.15) is 55.3 Å². The van der Waals surface area contributed by atoms with Crippen LogP contribution in [0, 0.1) is 6.92 Å². The lowest BCUT2D eigenvalue weighted by Gasteiger charge is -2.35. The molecule has 0 bridgehead atoms.